The van der Waals surface area contributed by atoms with E-state index in [4.69, 9.17) is 5.73 Å². The maximum atomic E-state index is 6.01. The standard InChI is InChI=1S/C11H16N4/c1-3-9(12)8(2)10-5-7-15-11(14-10)4-6-13-15/h4-9H,3,12H2,1-2H3. The molecule has 2 aromatic heterocycles. The molecule has 0 aliphatic carbocycles. The van der Waals surface area contributed by atoms with Crippen molar-refractivity contribution in [1.29, 1.82) is 0 Å². The fourth-order valence-electron chi connectivity index (χ4n) is 1.65. The second kappa shape index (κ2) is 3.98. The van der Waals surface area contributed by atoms with Crippen LogP contribution in [0.5, 0.6) is 0 Å². The Morgan fingerprint density at radius 3 is 3.00 bits per heavy atom. The van der Waals surface area contributed by atoms with Gasteiger partial charge in [0.1, 0.15) is 0 Å². The van der Waals surface area contributed by atoms with Crippen molar-refractivity contribution < 1.29 is 0 Å². The first-order valence-electron chi connectivity index (χ1n) is 5.28. The third-order valence-corrected chi connectivity index (χ3v) is 2.86. The Morgan fingerprint density at radius 2 is 2.27 bits per heavy atom. The molecule has 0 aliphatic heterocycles. The summed E-state index contributed by atoms with van der Waals surface area (Å²) in [5.41, 5.74) is 7.92. The van der Waals surface area contributed by atoms with Crippen molar-refractivity contribution in [2.24, 2.45) is 5.73 Å². The SMILES string of the molecule is CCC(N)C(C)c1ccn2nccc2n1. The minimum absolute atomic E-state index is 0.169. The van der Waals surface area contributed by atoms with E-state index < -0.39 is 0 Å². The lowest BCUT2D eigenvalue weighted by Gasteiger charge is -2.17. The van der Waals surface area contributed by atoms with Gasteiger partial charge in [-0.15, -0.1) is 0 Å². The molecule has 0 amide bonds. The molecule has 0 spiro atoms. The predicted octanol–water partition coefficient (Wildman–Crippen LogP) is 1.57. The normalized spacial score (nSPS) is 15.4. The van der Waals surface area contributed by atoms with Crippen LogP contribution < -0.4 is 5.73 Å². The van der Waals surface area contributed by atoms with E-state index in [-0.39, 0.29) is 12.0 Å². The molecule has 0 saturated carbocycles. The van der Waals surface area contributed by atoms with Crippen LogP contribution in [0.25, 0.3) is 5.65 Å². The topological polar surface area (TPSA) is 56.2 Å². The Labute approximate surface area is 89.1 Å². The van der Waals surface area contributed by atoms with Crippen LogP contribution in [0, 0.1) is 0 Å². The molecule has 15 heavy (non-hydrogen) atoms. The van der Waals surface area contributed by atoms with Crippen LogP contribution in [0.2, 0.25) is 0 Å². The first kappa shape index (κ1) is 10.1. The maximum absolute atomic E-state index is 6.01. The van der Waals surface area contributed by atoms with Crippen LogP contribution in [0.4, 0.5) is 0 Å². The molecule has 2 unspecified atom stereocenters. The highest BCUT2D eigenvalue weighted by molar-refractivity contribution is 5.37. The first-order valence-corrected chi connectivity index (χ1v) is 5.28. The molecule has 2 rings (SSSR count). The highest BCUT2D eigenvalue weighted by Gasteiger charge is 2.14. The number of nitrogens with zero attached hydrogens (tertiary/aromatic N) is 3. The largest absolute Gasteiger partial charge is 0.327 e. The smallest absolute Gasteiger partial charge is 0.155 e. The van der Waals surface area contributed by atoms with Crippen LogP contribution in [0.1, 0.15) is 31.9 Å². The van der Waals surface area contributed by atoms with Crippen LogP contribution in [0.3, 0.4) is 0 Å². The second-order valence-corrected chi connectivity index (χ2v) is 3.85. The van der Waals surface area contributed by atoms with E-state index in [1.165, 1.54) is 0 Å². The molecule has 0 fully saturated rings. The van der Waals surface area contributed by atoms with Crippen LogP contribution in [-0.4, -0.2) is 20.6 Å². The van der Waals surface area contributed by atoms with Crippen molar-refractivity contribution in [2.45, 2.75) is 32.2 Å². The highest BCUT2D eigenvalue weighted by atomic mass is 15.2. The van der Waals surface area contributed by atoms with Gasteiger partial charge in [-0.3, -0.25) is 0 Å². The zero-order chi connectivity index (χ0) is 10.8. The van der Waals surface area contributed by atoms with Gasteiger partial charge in [0, 0.05) is 29.9 Å². The lowest BCUT2D eigenvalue weighted by atomic mass is 9.97. The lowest BCUT2D eigenvalue weighted by molar-refractivity contribution is 0.540. The zero-order valence-corrected chi connectivity index (χ0v) is 9.09. The minimum Gasteiger partial charge on any atom is -0.327 e. The van der Waals surface area contributed by atoms with Crippen molar-refractivity contribution in [3.63, 3.8) is 0 Å². The van der Waals surface area contributed by atoms with E-state index in [1.807, 2.05) is 18.3 Å². The van der Waals surface area contributed by atoms with Gasteiger partial charge < -0.3 is 5.73 Å². The van der Waals surface area contributed by atoms with Gasteiger partial charge in [-0.2, -0.15) is 5.10 Å². The van der Waals surface area contributed by atoms with Gasteiger partial charge in [0.15, 0.2) is 5.65 Å². The number of hydrogen-bond donors (Lipinski definition) is 1. The molecule has 2 aromatic rings. The summed E-state index contributed by atoms with van der Waals surface area (Å²) in [4.78, 5) is 4.52. The molecule has 0 radical (unpaired) electrons. The van der Waals surface area contributed by atoms with Gasteiger partial charge in [-0.25, -0.2) is 9.50 Å². The van der Waals surface area contributed by atoms with E-state index in [2.05, 4.69) is 23.9 Å². The van der Waals surface area contributed by atoms with E-state index in [0.717, 1.165) is 17.8 Å². The second-order valence-electron chi connectivity index (χ2n) is 3.85. The fraction of sp³-hybridized carbons (Fsp3) is 0.455. The predicted molar refractivity (Wildman–Crippen MR) is 59.7 cm³/mol. The Hall–Kier alpha value is -1.42. The zero-order valence-electron chi connectivity index (χ0n) is 9.09. The Morgan fingerprint density at radius 1 is 1.47 bits per heavy atom. The molecular formula is C11H16N4. The van der Waals surface area contributed by atoms with Gasteiger partial charge in [0.05, 0.1) is 6.20 Å². The maximum Gasteiger partial charge on any atom is 0.155 e. The third-order valence-electron chi connectivity index (χ3n) is 2.86. The van der Waals surface area contributed by atoms with Crippen molar-refractivity contribution >= 4 is 5.65 Å². The molecule has 2 N–H and O–H groups in total. The number of rotatable bonds is 3. The summed E-state index contributed by atoms with van der Waals surface area (Å²) in [5.74, 6) is 0.287. The summed E-state index contributed by atoms with van der Waals surface area (Å²) in [6.07, 6.45) is 4.64. The van der Waals surface area contributed by atoms with Crippen LogP contribution >= 0.6 is 0 Å². The average molecular weight is 204 g/mol. The summed E-state index contributed by atoms with van der Waals surface area (Å²) in [7, 11) is 0. The van der Waals surface area contributed by atoms with E-state index >= 15 is 0 Å². The molecule has 4 nitrogen and oxygen atoms in total. The Bertz CT molecular complexity index is 449. The monoisotopic (exact) mass is 204 g/mol. The van der Waals surface area contributed by atoms with E-state index in [1.54, 1.807) is 10.7 Å². The van der Waals surface area contributed by atoms with Crippen molar-refractivity contribution in [3.05, 3.63) is 30.2 Å². The van der Waals surface area contributed by atoms with Crippen LogP contribution in [-0.2, 0) is 0 Å². The summed E-state index contributed by atoms with van der Waals surface area (Å²) in [6, 6.07) is 4.05. The van der Waals surface area contributed by atoms with Gasteiger partial charge in [-0.1, -0.05) is 13.8 Å². The van der Waals surface area contributed by atoms with Gasteiger partial charge in [0.2, 0.25) is 0 Å². The quantitative estimate of drug-likeness (QED) is 0.825. The molecule has 0 aromatic carbocycles. The number of hydrogen-bond acceptors (Lipinski definition) is 3. The van der Waals surface area contributed by atoms with E-state index in [9.17, 15) is 0 Å². The van der Waals surface area contributed by atoms with Gasteiger partial charge >= 0.3 is 0 Å². The average Bonchev–Trinajstić information content (AvgIpc) is 2.73. The number of fused-ring (bicyclic) bond motifs is 1. The fourth-order valence-corrected chi connectivity index (χ4v) is 1.65. The summed E-state index contributed by atoms with van der Waals surface area (Å²) in [5, 5.41) is 4.11. The molecule has 2 heterocycles. The summed E-state index contributed by atoms with van der Waals surface area (Å²) >= 11 is 0. The molecule has 0 bridgehead atoms. The van der Waals surface area contributed by atoms with Crippen LogP contribution in [0.15, 0.2) is 24.5 Å². The first-order chi connectivity index (χ1) is 7.22. The molecule has 0 aliphatic rings. The molecule has 80 valence electrons. The van der Waals surface area contributed by atoms with Crippen molar-refractivity contribution in [3.8, 4) is 0 Å². The Balaban J connectivity index is 2.35. The van der Waals surface area contributed by atoms with Gasteiger partial charge in [0.25, 0.3) is 0 Å². The molecule has 2 atom stereocenters. The van der Waals surface area contributed by atoms with Crippen molar-refractivity contribution in [1.82, 2.24) is 14.6 Å². The summed E-state index contributed by atoms with van der Waals surface area (Å²) < 4.78 is 1.76. The number of nitrogens with two attached hydrogens (primary N) is 1. The molecule has 0 saturated heterocycles. The van der Waals surface area contributed by atoms with Gasteiger partial charge in [-0.05, 0) is 12.5 Å². The molecular weight excluding hydrogens is 188 g/mol. The third kappa shape index (κ3) is 1.85. The Kier molecular flexibility index (Phi) is 2.68. The summed E-state index contributed by atoms with van der Waals surface area (Å²) in [6.45, 7) is 4.21. The highest BCUT2D eigenvalue weighted by Crippen LogP contribution is 2.17. The number of aromatic nitrogens is 3. The van der Waals surface area contributed by atoms with Crippen molar-refractivity contribution in [2.75, 3.05) is 0 Å². The van der Waals surface area contributed by atoms with E-state index in [0.29, 0.717) is 0 Å². The molecule has 4 heteroatoms. The lowest BCUT2D eigenvalue weighted by Crippen LogP contribution is -2.26. The minimum atomic E-state index is 0.169.